The largest absolute Gasteiger partial charge is 0.505 e. The Balaban J connectivity index is 1.80. The fraction of sp³-hybridized carbons (Fsp3) is 0.118. The SMILES string of the molecule is Cc1cnc(C(=O)NCc2cccc3cccnc23)c(O)c1. The zero-order chi connectivity index (χ0) is 15.5. The number of nitrogens with one attached hydrogen (secondary N) is 1. The third kappa shape index (κ3) is 2.74. The van der Waals surface area contributed by atoms with Crippen LogP contribution in [0.15, 0.2) is 48.8 Å². The third-order valence-electron chi connectivity index (χ3n) is 3.38. The third-order valence-corrected chi connectivity index (χ3v) is 3.38. The summed E-state index contributed by atoms with van der Waals surface area (Å²) >= 11 is 0. The smallest absolute Gasteiger partial charge is 0.274 e. The second kappa shape index (κ2) is 5.81. The van der Waals surface area contributed by atoms with Gasteiger partial charge in [0.15, 0.2) is 5.69 Å². The number of rotatable bonds is 3. The fourth-order valence-electron chi connectivity index (χ4n) is 2.30. The van der Waals surface area contributed by atoms with Crippen LogP contribution in [-0.2, 0) is 6.54 Å². The van der Waals surface area contributed by atoms with Crippen molar-refractivity contribution in [1.29, 1.82) is 0 Å². The molecule has 2 N–H and O–H groups in total. The van der Waals surface area contributed by atoms with Gasteiger partial charge in [-0.05, 0) is 30.2 Å². The zero-order valence-corrected chi connectivity index (χ0v) is 12.1. The van der Waals surface area contributed by atoms with Gasteiger partial charge in [-0.15, -0.1) is 0 Å². The average Bonchev–Trinajstić information content (AvgIpc) is 2.52. The molecule has 0 aliphatic carbocycles. The number of para-hydroxylation sites is 1. The number of pyridine rings is 2. The van der Waals surface area contributed by atoms with E-state index in [4.69, 9.17) is 0 Å². The van der Waals surface area contributed by atoms with E-state index in [-0.39, 0.29) is 11.4 Å². The van der Waals surface area contributed by atoms with Crippen molar-refractivity contribution in [3.05, 3.63) is 65.6 Å². The predicted molar refractivity (Wildman–Crippen MR) is 83.6 cm³/mol. The molecular weight excluding hydrogens is 278 g/mol. The van der Waals surface area contributed by atoms with Gasteiger partial charge in [0.2, 0.25) is 0 Å². The molecule has 0 saturated heterocycles. The minimum absolute atomic E-state index is 0.0267. The Morgan fingerprint density at radius 1 is 1.23 bits per heavy atom. The summed E-state index contributed by atoms with van der Waals surface area (Å²) in [5, 5.41) is 13.6. The standard InChI is InChI=1S/C17H15N3O2/c1-11-8-14(21)16(19-9-11)17(22)20-10-13-5-2-4-12-6-3-7-18-15(12)13/h2-9,21H,10H2,1H3,(H,20,22). The van der Waals surface area contributed by atoms with Crippen molar-refractivity contribution in [2.45, 2.75) is 13.5 Å². The van der Waals surface area contributed by atoms with E-state index in [1.165, 1.54) is 6.07 Å². The molecule has 5 heteroatoms. The van der Waals surface area contributed by atoms with Crippen molar-refractivity contribution in [2.24, 2.45) is 0 Å². The fourth-order valence-corrected chi connectivity index (χ4v) is 2.30. The van der Waals surface area contributed by atoms with Crippen molar-refractivity contribution in [1.82, 2.24) is 15.3 Å². The maximum Gasteiger partial charge on any atom is 0.274 e. The minimum atomic E-state index is -0.412. The second-order valence-electron chi connectivity index (χ2n) is 5.06. The second-order valence-corrected chi connectivity index (χ2v) is 5.06. The number of hydrogen-bond acceptors (Lipinski definition) is 4. The highest BCUT2D eigenvalue weighted by Crippen LogP contribution is 2.17. The van der Waals surface area contributed by atoms with Crippen LogP contribution in [0.3, 0.4) is 0 Å². The van der Waals surface area contributed by atoms with Gasteiger partial charge in [0.25, 0.3) is 5.91 Å². The van der Waals surface area contributed by atoms with Gasteiger partial charge in [-0.1, -0.05) is 24.3 Å². The van der Waals surface area contributed by atoms with Gasteiger partial charge in [0, 0.05) is 24.3 Å². The summed E-state index contributed by atoms with van der Waals surface area (Å²) in [4.78, 5) is 20.5. The number of benzene rings is 1. The number of carbonyl (C=O) groups is 1. The van der Waals surface area contributed by atoms with Crippen LogP contribution in [-0.4, -0.2) is 21.0 Å². The van der Waals surface area contributed by atoms with Gasteiger partial charge in [-0.2, -0.15) is 0 Å². The number of nitrogens with zero attached hydrogens (tertiary/aromatic N) is 2. The molecule has 110 valence electrons. The molecule has 1 amide bonds. The highest BCUT2D eigenvalue weighted by Gasteiger charge is 2.13. The van der Waals surface area contributed by atoms with Crippen molar-refractivity contribution < 1.29 is 9.90 Å². The molecule has 3 aromatic rings. The number of aromatic hydroxyl groups is 1. The number of aryl methyl sites for hydroxylation is 1. The Kier molecular flexibility index (Phi) is 3.70. The Hall–Kier alpha value is -2.95. The molecule has 0 aliphatic heterocycles. The van der Waals surface area contributed by atoms with E-state index in [0.717, 1.165) is 22.0 Å². The summed E-state index contributed by atoms with van der Waals surface area (Å²) in [6.07, 6.45) is 3.27. The molecule has 22 heavy (non-hydrogen) atoms. The summed E-state index contributed by atoms with van der Waals surface area (Å²) in [5.41, 5.74) is 2.59. The van der Waals surface area contributed by atoms with Crippen LogP contribution in [0.1, 0.15) is 21.6 Å². The summed E-state index contributed by atoms with van der Waals surface area (Å²) in [6.45, 7) is 2.12. The Morgan fingerprint density at radius 2 is 2.05 bits per heavy atom. The lowest BCUT2D eigenvalue weighted by atomic mass is 10.1. The first kappa shape index (κ1) is 14.0. The van der Waals surface area contributed by atoms with Crippen molar-refractivity contribution in [3.8, 4) is 5.75 Å². The number of aromatic nitrogens is 2. The molecule has 0 atom stereocenters. The monoisotopic (exact) mass is 293 g/mol. The van der Waals surface area contributed by atoms with E-state index < -0.39 is 5.91 Å². The molecule has 3 rings (SSSR count). The zero-order valence-electron chi connectivity index (χ0n) is 12.1. The first-order valence-corrected chi connectivity index (χ1v) is 6.91. The van der Waals surface area contributed by atoms with Gasteiger partial charge in [0.05, 0.1) is 5.52 Å². The van der Waals surface area contributed by atoms with Crippen molar-refractivity contribution in [2.75, 3.05) is 0 Å². The minimum Gasteiger partial charge on any atom is -0.505 e. The molecule has 0 aliphatic rings. The highest BCUT2D eigenvalue weighted by molar-refractivity contribution is 5.95. The van der Waals surface area contributed by atoms with Gasteiger partial charge in [-0.25, -0.2) is 4.98 Å². The van der Waals surface area contributed by atoms with E-state index in [1.54, 1.807) is 19.3 Å². The number of fused-ring (bicyclic) bond motifs is 1. The average molecular weight is 293 g/mol. The van der Waals surface area contributed by atoms with Gasteiger partial charge in [-0.3, -0.25) is 9.78 Å². The molecule has 0 spiro atoms. The molecular formula is C17H15N3O2. The molecule has 0 unspecified atom stereocenters. The van der Waals surface area contributed by atoms with Crippen LogP contribution < -0.4 is 5.32 Å². The van der Waals surface area contributed by atoms with Gasteiger partial charge < -0.3 is 10.4 Å². The Bertz CT molecular complexity index is 841. The van der Waals surface area contributed by atoms with Crippen LogP contribution in [0, 0.1) is 6.92 Å². The van der Waals surface area contributed by atoms with Crippen LogP contribution in [0.2, 0.25) is 0 Å². The molecule has 0 fully saturated rings. The summed E-state index contributed by atoms with van der Waals surface area (Å²) in [5.74, 6) is -0.529. The van der Waals surface area contributed by atoms with Crippen molar-refractivity contribution in [3.63, 3.8) is 0 Å². The quantitative estimate of drug-likeness (QED) is 0.778. The van der Waals surface area contributed by atoms with Crippen LogP contribution in [0.25, 0.3) is 10.9 Å². The van der Waals surface area contributed by atoms with Crippen LogP contribution in [0.5, 0.6) is 5.75 Å². The lowest BCUT2D eigenvalue weighted by Crippen LogP contribution is -2.24. The Morgan fingerprint density at radius 3 is 2.86 bits per heavy atom. The van der Waals surface area contributed by atoms with Crippen molar-refractivity contribution >= 4 is 16.8 Å². The van der Waals surface area contributed by atoms with Gasteiger partial charge in [0.1, 0.15) is 5.75 Å². The maximum absolute atomic E-state index is 12.1. The van der Waals surface area contributed by atoms with E-state index in [9.17, 15) is 9.90 Å². The first-order valence-electron chi connectivity index (χ1n) is 6.91. The van der Waals surface area contributed by atoms with E-state index in [2.05, 4.69) is 15.3 Å². The van der Waals surface area contributed by atoms with E-state index in [0.29, 0.717) is 6.54 Å². The number of carbonyl (C=O) groups excluding carboxylic acids is 1. The molecule has 2 aromatic heterocycles. The summed E-state index contributed by atoms with van der Waals surface area (Å²) in [6, 6.07) is 11.2. The maximum atomic E-state index is 12.1. The molecule has 0 radical (unpaired) electrons. The van der Waals surface area contributed by atoms with Gasteiger partial charge >= 0.3 is 0 Å². The topological polar surface area (TPSA) is 75.1 Å². The molecule has 0 saturated carbocycles. The predicted octanol–water partition coefficient (Wildman–Crippen LogP) is 2.57. The highest BCUT2D eigenvalue weighted by atomic mass is 16.3. The van der Waals surface area contributed by atoms with Crippen LogP contribution in [0.4, 0.5) is 0 Å². The molecule has 5 nitrogen and oxygen atoms in total. The van der Waals surface area contributed by atoms with E-state index >= 15 is 0 Å². The first-order chi connectivity index (χ1) is 10.6. The number of hydrogen-bond donors (Lipinski definition) is 2. The molecule has 1 aromatic carbocycles. The Labute approximate surface area is 127 Å². The lowest BCUT2D eigenvalue weighted by molar-refractivity contribution is 0.0943. The molecule has 0 bridgehead atoms. The number of amides is 1. The van der Waals surface area contributed by atoms with E-state index in [1.807, 2.05) is 30.3 Å². The van der Waals surface area contributed by atoms with Crippen LogP contribution >= 0.6 is 0 Å². The lowest BCUT2D eigenvalue weighted by Gasteiger charge is -2.08. The molecule has 2 heterocycles. The normalized spacial score (nSPS) is 10.6. The summed E-state index contributed by atoms with van der Waals surface area (Å²) < 4.78 is 0. The summed E-state index contributed by atoms with van der Waals surface area (Å²) in [7, 11) is 0.